The molecule has 0 saturated heterocycles. The maximum atomic E-state index is 12.8. The number of rotatable bonds is 5. The molecule has 0 spiro atoms. The average Bonchev–Trinajstić information content (AvgIpc) is 3.07. The molecule has 0 aliphatic rings. The van der Waals surface area contributed by atoms with Gasteiger partial charge in [0.15, 0.2) is 5.11 Å². The van der Waals surface area contributed by atoms with E-state index in [0.717, 1.165) is 12.1 Å². The Morgan fingerprint density at radius 1 is 1.13 bits per heavy atom. The number of anilines is 2. The van der Waals surface area contributed by atoms with E-state index in [9.17, 15) is 21.6 Å². The van der Waals surface area contributed by atoms with Crippen LogP contribution in [0.15, 0.2) is 59.8 Å². The number of primary sulfonamides is 1. The van der Waals surface area contributed by atoms with Crippen molar-refractivity contribution in [2.45, 2.75) is 17.6 Å². The molecule has 0 saturated carbocycles. The van der Waals surface area contributed by atoms with Crippen molar-refractivity contribution in [2.75, 3.05) is 10.6 Å². The van der Waals surface area contributed by atoms with Crippen LogP contribution in [-0.2, 0) is 22.7 Å². The Bertz CT molecular complexity index is 1160. The van der Waals surface area contributed by atoms with Gasteiger partial charge in [0.2, 0.25) is 16.0 Å². The van der Waals surface area contributed by atoms with Gasteiger partial charge in [-0.15, -0.1) is 5.10 Å². The summed E-state index contributed by atoms with van der Waals surface area (Å²) in [7, 11) is -3.79. The number of nitrogens with one attached hydrogen (secondary N) is 2. The van der Waals surface area contributed by atoms with Crippen LogP contribution in [0.25, 0.3) is 0 Å². The van der Waals surface area contributed by atoms with Gasteiger partial charge in [-0.25, -0.2) is 23.2 Å². The fraction of sp³-hybridized carbons (Fsp3) is 0.118. The van der Waals surface area contributed by atoms with E-state index in [2.05, 4.69) is 20.7 Å². The lowest BCUT2D eigenvalue weighted by Crippen LogP contribution is -2.20. The summed E-state index contributed by atoms with van der Waals surface area (Å²) in [5.41, 5.74) is 0.178. The highest BCUT2D eigenvalue weighted by Gasteiger charge is 2.30. The third-order valence-electron chi connectivity index (χ3n) is 3.80. The number of hydrogen-bond donors (Lipinski definition) is 3. The van der Waals surface area contributed by atoms with Gasteiger partial charge < -0.3 is 5.32 Å². The largest absolute Gasteiger partial charge is 0.416 e. The van der Waals surface area contributed by atoms with Crippen LogP contribution in [0.5, 0.6) is 0 Å². The lowest BCUT2D eigenvalue weighted by atomic mass is 10.1. The number of halogens is 3. The van der Waals surface area contributed by atoms with Crippen LogP contribution in [0.1, 0.15) is 11.1 Å². The van der Waals surface area contributed by atoms with Crippen molar-refractivity contribution in [1.82, 2.24) is 14.8 Å². The molecule has 2 aromatic carbocycles. The number of thiocarbonyl (C=S) groups is 1. The monoisotopic (exact) mass is 456 g/mol. The molecule has 3 rings (SSSR count). The number of sulfonamides is 1. The average molecular weight is 456 g/mol. The van der Waals surface area contributed by atoms with Crippen molar-refractivity contribution in [1.29, 1.82) is 0 Å². The summed E-state index contributed by atoms with van der Waals surface area (Å²) >= 11 is 5.14. The SMILES string of the molecule is NS(=O)(=O)c1ccc(NC(=S)Nc2ncn(Cc3cccc(C(F)(F)F)c3)n2)cc1. The van der Waals surface area contributed by atoms with Crippen molar-refractivity contribution in [3.05, 3.63) is 66.0 Å². The van der Waals surface area contributed by atoms with Gasteiger partial charge in [0.25, 0.3) is 0 Å². The third kappa shape index (κ3) is 5.75. The van der Waals surface area contributed by atoms with Gasteiger partial charge in [0.05, 0.1) is 17.0 Å². The van der Waals surface area contributed by atoms with E-state index in [1.807, 2.05) is 0 Å². The molecule has 8 nitrogen and oxygen atoms in total. The fourth-order valence-corrected chi connectivity index (χ4v) is 3.18. The van der Waals surface area contributed by atoms with Gasteiger partial charge in [0.1, 0.15) is 6.33 Å². The number of hydrogen-bond acceptors (Lipinski definition) is 5. The number of aromatic nitrogens is 3. The zero-order valence-corrected chi connectivity index (χ0v) is 16.7. The Kier molecular flexibility index (Phi) is 6.05. The van der Waals surface area contributed by atoms with Crippen LogP contribution in [0.2, 0.25) is 0 Å². The summed E-state index contributed by atoms with van der Waals surface area (Å²) in [6.45, 7) is 0.0911. The van der Waals surface area contributed by atoms with Gasteiger partial charge in [-0.3, -0.25) is 5.32 Å². The zero-order chi connectivity index (χ0) is 21.9. The molecule has 1 heterocycles. The van der Waals surface area contributed by atoms with Gasteiger partial charge in [-0.1, -0.05) is 12.1 Å². The Morgan fingerprint density at radius 3 is 2.47 bits per heavy atom. The quantitative estimate of drug-likeness (QED) is 0.506. The van der Waals surface area contributed by atoms with Crippen LogP contribution >= 0.6 is 12.2 Å². The minimum absolute atomic E-state index is 0.0399. The Labute approximate surface area is 175 Å². The van der Waals surface area contributed by atoms with Crippen LogP contribution in [0, 0.1) is 0 Å². The summed E-state index contributed by atoms with van der Waals surface area (Å²) in [4.78, 5) is 3.97. The fourth-order valence-electron chi connectivity index (χ4n) is 2.45. The summed E-state index contributed by atoms with van der Waals surface area (Å²) < 4.78 is 62.3. The summed E-state index contributed by atoms with van der Waals surface area (Å²) in [6.07, 6.45) is -3.07. The zero-order valence-electron chi connectivity index (χ0n) is 15.1. The molecule has 0 amide bonds. The van der Waals surface area contributed by atoms with Gasteiger partial charge >= 0.3 is 6.18 Å². The first-order valence-electron chi connectivity index (χ1n) is 8.27. The molecule has 13 heteroatoms. The van der Waals surface area contributed by atoms with Crippen molar-refractivity contribution >= 4 is 39.0 Å². The van der Waals surface area contributed by atoms with E-state index in [-0.39, 0.29) is 22.5 Å². The van der Waals surface area contributed by atoms with Gasteiger partial charge in [-0.05, 0) is 54.2 Å². The molecule has 3 aromatic rings. The number of benzene rings is 2. The molecular formula is C17H15F3N6O2S2. The number of nitrogens with two attached hydrogens (primary N) is 1. The van der Waals surface area contributed by atoms with E-state index < -0.39 is 21.8 Å². The molecular weight excluding hydrogens is 441 g/mol. The molecule has 0 fully saturated rings. The molecule has 30 heavy (non-hydrogen) atoms. The molecule has 0 aliphatic carbocycles. The van der Waals surface area contributed by atoms with Crippen LogP contribution in [0.4, 0.5) is 24.8 Å². The predicted molar refractivity (Wildman–Crippen MR) is 108 cm³/mol. The molecule has 0 atom stereocenters. The van der Waals surface area contributed by atoms with E-state index >= 15 is 0 Å². The van der Waals surface area contributed by atoms with Crippen molar-refractivity contribution in [3.8, 4) is 0 Å². The Balaban J connectivity index is 1.61. The minimum atomic E-state index is -4.42. The second-order valence-corrected chi connectivity index (χ2v) is 8.08. The molecule has 0 unspecified atom stereocenters. The third-order valence-corrected chi connectivity index (χ3v) is 4.93. The highest BCUT2D eigenvalue weighted by atomic mass is 32.2. The van der Waals surface area contributed by atoms with Crippen molar-refractivity contribution in [2.24, 2.45) is 5.14 Å². The molecule has 1 aromatic heterocycles. The van der Waals surface area contributed by atoms with E-state index in [1.54, 1.807) is 6.07 Å². The standard InChI is InChI=1S/C17H15F3N6O2S2/c18-17(19,20)12-3-1-2-11(8-12)9-26-10-22-15(25-26)24-16(29)23-13-4-6-14(7-5-13)30(21,27)28/h1-8,10H,9H2,(H2,21,27,28)(H2,23,24,25,29). The van der Waals surface area contributed by atoms with E-state index in [1.165, 1.54) is 41.3 Å². The summed E-state index contributed by atoms with van der Waals surface area (Å²) in [5.74, 6) is 0.139. The first kappa shape index (κ1) is 21.7. The molecule has 4 N–H and O–H groups in total. The minimum Gasteiger partial charge on any atom is -0.332 e. The van der Waals surface area contributed by atoms with Crippen molar-refractivity contribution in [3.63, 3.8) is 0 Å². The topological polar surface area (TPSA) is 115 Å². The maximum Gasteiger partial charge on any atom is 0.416 e. The van der Waals surface area contributed by atoms with Gasteiger partial charge in [0, 0.05) is 5.69 Å². The number of alkyl halides is 3. The summed E-state index contributed by atoms with van der Waals surface area (Å²) in [6, 6.07) is 10.5. The van der Waals surface area contributed by atoms with Crippen LogP contribution in [0.3, 0.4) is 0 Å². The van der Waals surface area contributed by atoms with E-state index in [0.29, 0.717) is 11.3 Å². The summed E-state index contributed by atoms with van der Waals surface area (Å²) in [5, 5.41) is 14.8. The molecule has 0 aliphatic heterocycles. The lowest BCUT2D eigenvalue weighted by molar-refractivity contribution is -0.137. The highest BCUT2D eigenvalue weighted by molar-refractivity contribution is 7.89. The normalized spacial score (nSPS) is 11.9. The maximum absolute atomic E-state index is 12.8. The second-order valence-electron chi connectivity index (χ2n) is 6.11. The van der Waals surface area contributed by atoms with Gasteiger partial charge in [-0.2, -0.15) is 13.2 Å². The molecule has 158 valence electrons. The second kappa shape index (κ2) is 8.38. The Morgan fingerprint density at radius 2 is 1.83 bits per heavy atom. The highest BCUT2D eigenvalue weighted by Crippen LogP contribution is 2.29. The smallest absolute Gasteiger partial charge is 0.332 e. The Hall–Kier alpha value is -3.03. The number of nitrogens with zero attached hydrogens (tertiary/aromatic N) is 3. The first-order chi connectivity index (χ1) is 14.0. The van der Waals surface area contributed by atoms with Crippen molar-refractivity contribution < 1.29 is 21.6 Å². The molecule has 0 bridgehead atoms. The predicted octanol–water partition coefficient (Wildman–Crippen LogP) is 2.80. The van der Waals surface area contributed by atoms with E-state index in [4.69, 9.17) is 17.4 Å². The lowest BCUT2D eigenvalue weighted by Gasteiger charge is -2.09. The van der Waals surface area contributed by atoms with Crippen LogP contribution in [-0.4, -0.2) is 28.3 Å². The van der Waals surface area contributed by atoms with Crippen LogP contribution < -0.4 is 15.8 Å². The first-order valence-corrected chi connectivity index (χ1v) is 10.2. The molecule has 0 radical (unpaired) electrons.